The highest BCUT2D eigenvalue weighted by molar-refractivity contribution is 6.35. The number of Topliss-reactive ketones (excluding diaryl/α,β-unsaturated/α-hetero) is 1. The van der Waals surface area contributed by atoms with E-state index in [0.717, 1.165) is 22.3 Å². The quantitative estimate of drug-likeness (QED) is 0.396. The first kappa shape index (κ1) is 20.2. The van der Waals surface area contributed by atoms with Crippen molar-refractivity contribution in [2.75, 3.05) is 13.2 Å². The van der Waals surface area contributed by atoms with Crippen LogP contribution in [-0.4, -0.2) is 30.9 Å². The lowest BCUT2D eigenvalue weighted by molar-refractivity contribution is -0.155. The fourth-order valence-electron chi connectivity index (χ4n) is 3.74. The van der Waals surface area contributed by atoms with Crippen LogP contribution in [0.1, 0.15) is 44.2 Å². The van der Waals surface area contributed by atoms with E-state index in [4.69, 9.17) is 4.74 Å². The van der Waals surface area contributed by atoms with E-state index in [1.165, 1.54) is 0 Å². The molecule has 1 atom stereocenters. The predicted molar refractivity (Wildman–Crippen MR) is 110 cm³/mol. The maximum atomic E-state index is 12.6. The van der Waals surface area contributed by atoms with E-state index < -0.39 is 17.8 Å². The van der Waals surface area contributed by atoms with Crippen molar-refractivity contribution in [3.05, 3.63) is 59.7 Å². The van der Waals surface area contributed by atoms with Crippen LogP contribution in [0.25, 0.3) is 11.1 Å². The number of carbonyl (C=O) groups excluding carboxylic acids is 2. The van der Waals surface area contributed by atoms with Crippen LogP contribution in [0.4, 0.5) is 0 Å². The fourth-order valence-corrected chi connectivity index (χ4v) is 3.74. The summed E-state index contributed by atoms with van der Waals surface area (Å²) in [5, 5.41) is 0. The maximum absolute atomic E-state index is 12.6. The summed E-state index contributed by atoms with van der Waals surface area (Å²) in [6.45, 7) is 6.79. The van der Waals surface area contributed by atoms with Crippen LogP contribution < -0.4 is 10.9 Å². The van der Waals surface area contributed by atoms with Gasteiger partial charge in [0, 0.05) is 12.5 Å². The molecule has 0 saturated heterocycles. The van der Waals surface area contributed by atoms with Gasteiger partial charge in [-0.05, 0) is 34.6 Å². The van der Waals surface area contributed by atoms with E-state index in [1.807, 2.05) is 45.0 Å². The van der Waals surface area contributed by atoms with Crippen LogP contribution in [0.2, 0.25) is 0 Å². The number of ketones is 1. The zero-order valence-corrected chi connectivity index (χ0v) is 16.7. The number of esters is 1. The Hall–Kier alpha value is -2.50. The highest BCUT2D eigenvalue weighted by Crippen LogP contribution is 2.44. The summed E-state index contributed by atoms with van der Waals surface area (Å²) < 4.78 is 5.49. The molecule has 0 unspecified atom stereocenters. The van der Waals surface area contributed by atoms with Gasteiger partial charge < -0.3 is 4.74 Å². The van der Waals surface area contributed by atoms with Gasteiger partial charge in [-0.2, -0.15) is 0 Å². The normalized spacial score (nSPS) is 13.9. The minimum absolute atomic E-state index is 0.0468. The second kappa shape index (κ2) is 9.13. The van der Waals surface area contributed by atoms with E-state index >= 15 is 0 Å². The van der Waals surface area contributed by atoms with Gasteiger partial charge in [-0.25, -0.2) is 10.2 Å². The van der Waals surface area contributed by atoms with Crippen LogP contribution in [0.3, 0.4) is 0 Å². The first-order valence-corrected chi connectivity index (χ1v) is 9.90. The third-order valence-electron chi connectivity index (χ3n) is 5.02. The van der Waals surface area contributed by atoms with Crippen molar-refractivity contribution < 1.29 is 14.3 Å². The molecule has 0 heterocycles. The Balaban J connectivity index is 1.71. The predicted octanol–water partition coefficient (Wildman–Crippen LogP) is 3.44. The second-order valence-electron chi connectivity index (χ2n) is 7.55. The van der Waals surface area contributed by atoms with Crippen LogP contribution in [0, 0.1) is 5.92 Å². The van der Waals surface area contributed by atoms with E-state index in [1.54, 1.807) is 0 Å². The highest BCUT2D eigenvalue weighted by atomic mass is 16.5. The van der Waals surface area contributed by atoms with Crippen LogP contribution in [0.15, 0.2) is 48.5 Å². The molecule has 0 bridgehead atoms. The number of hydrogen-bond acceptors (Lipinski definition) is 5. The Kier molecular flexibility index (Phi) is 6.60. The van der Waals surface area contributed by atoms with Gasteiger partial charge >= 0.3 is 5.97 Å². The SMILES string of the molecule is CCNN[C@@H](CC(C)C)C(=O)C(=O)OCC1c2ccccc2-c2ccccc21. The first-order valence-electron chi connectivity index (χ1n) is 9.90. The van der Waals surface area contributed by atoms with E-state index in [-0.39, 0.29) is 18.4 Å². The average Bonchev–Trinajstić information content (AvgIpc) is 3.02. The smallest absolute Gasteiger partial charge is 0.376 e. The molecule has 0 radical (unpaired) electrons. The summed E-state index contributed by atoms with van der Waals surface area (Å²) in [4.78, 5) is 25.1. The number of carbonyl (C=O) groups is 2. The Labute approximate surface area is 166 Å². The van der Waals surface area contributed by atoms with Gasteiger partial charge in [-0.1, -0.05) is 69.3 Å². The number of fused-ring (bicyclic) bond motifs is 3. The van der Waals surface area contributed by atoms with Crippen molar-refractivity contribution in [2.45, 2.75) is 39.2 Å². The topological polar surface area (TPSA) is 67.4 Å². The largest absolute Gasteiger partial charge is 0.459 e. The van der Waals surface area contributed by atoms with Crippen molar-refractivity contribution in [3.8, 4) is 11.1 Å². The Morgan fingerprint density at radius 1 is 1.00 bits per heavy atom. The summed E-state index contributed by atoms with van der Waals surface area (Å²) in [7, 11) is 0. The number of ether oxygens (including phenoxy) is 1. The Bertz CT molecular complexity index is 802. The molecule has 28 heavy (non-hydrogen) atoms. The second-order valence-corrected chi connectivity index (χ2v) is 7.55. The zero-order chi connectivity index (χ0) is 20.1. The average molecular weight is 380 g/mol. The lowest BCUT2D eigenvalue weighted by Crippen LogP contribution is -2.48. The van der Waals surface area contributed by atoms with Gasteiger partial charge in [0.2, 0.25) is 0 Å². The summed E-state index contributed by atoms with van der Waals surface area (Å²) >= 11 is 0. The van der Waals surface area contributed by atoms with Crippen molar-refractivity contribution in [3.63, 3.8) is 0 Å². The number of rotatable bonds is 9. The molecule has 2 N–H and O–H groups in total. The number of nitrogens with one attached hydrogen (secondary N) is 2. The molecule has 1 aliphatic carbocycles. The first-order chi connectivity index (χ1) is 13.5. The Morgan fingerprint density at radius 2 is 1.57 bits per heavy atom. The van der Waals surface area contributed by atoms with Crippen LogP contribution in [0.5, 0.6) is 0 Å². The van der Waals surface area contributed by atoms with Gasteiger partial charge in [0.05, 0.1) is 6.04 Å². The standard InChI is InChI=1S/C23H28N2O3/c1-4-24-25-21(13-15(2)3)22(26)23(27)28-14-20-18-11-7-5-9-16(18)17-10-6-8-12-19(17)20/h5-12,15,20-21,24-25H,4,13-14H2,1-3H3/t21-/m0/s1. The summed E-state index contributed by atoms with van der Waals surface area (Å²) in [6.07, 6.45) is 0.566. The molecule has 2 aromatic rings. The molecule has 3 rings (SSSR count). The summed E-state index contributed by atoms with van der Waals surface area (Å²) in [5.41, 5.74) is 10.5. The maximum Gasteiger partial charge on any atom is 0.376 e. The van der Waals surface area contributed by atoms with Gasteiger partial charge in [0.25, 0.3) is 5.78 Å². The third kappa shape index (κ3) is 4.32. The van der Waals surface area contributed by atoms with E-state index in [2.05, 4.69) is 35.1 Å². The summed E-state index contributed by atoms with van der Waals surface area (Å²) in [6, 6.07) is 15.7. The van der Waals surface area contributed by atoms with E-state index in [0.29, 0.717) is 13.0 Å². The lowest BCUT2D eigenvalue weighted by atomic mass is 9.98. The monoisotopic (exact) mass is 380 g/mol. The molecule has 0 aromatic heterocycles. The molecule has 2 aromatic carbocycles. The highest BCUT2D eigenvalue weighted by Gasteiger charge is 2.32. The molecular formula is C23H28N2O3. The third-order valence-corrected chi connectivity index (χ3v) is 5.02. The molecule has 5 nitrogen and oxygen atoms in total. The molecule has 0 fully saturated rings. The molecule has 148 valence electrons. The van der Waals surface area contributed by atoms with Crippen molar-refractivity contribution >= 4 is 11.8 Å². The number of benzene rings is 2. The zero-order valence-electron chi connectivity index (χ0n) is 16.7. The van der Waals surface area contributed by atoms with Gasteiger partial charge in [0.1, 0.15) is 6.61 Å². The van der Waals surface area contributed by atoms with E-state index in [9.17, 15) is 9.59 Å². The van der Waals surface area contributed by atoms with Gasteiger partial charge in [-0.3, -0.25) is 10.2 Å². The fraction of sp³-hybridized carbons (Fsp3) is 0.391. The van der Waals surface area contributed by atoms with Crippen LogP contribution >= 0.6 is 0 Å². The van der Waals surface area contributed by atoms with Gasteiger partial charge in [0.15, 0.2) is 0 Å². The van der Waals surface area contributed by atoms with Crippen molar-refractivity contribution in [2.24, 2.45) is 5.92 Å². The van der Waals surface area contributed by atoms with Crippen molar-refractivity contribution in [1.82, 2.24) is 10.9 Å². The molecule has 5 heteroatoms. The molecule has 0 amide bonds. The molecular weight excluding hydrogens is 352 g/mol. The molecule has 0 saturated carbocycles. The Morgan fingerprint density at radius 3 is 2.11 bits per heavy atom. The number of hydrazine groups is 1. The van der Waals surface area contributed by atoms with Gasteiger partial charge in [-0.15, -0.1) is 0 Å². The molecule has 1 aliphatic rings. The van der Waals surface area contributed by atoms with Crippen molar-refractivity contribution in [1.29, 1.82) is 0 Å². The van der Waals surface area contributed by atoms with Crippen LogP contribution in [-0.2, 0) is 14.3 Å². The number of hydrogen-bond donors (Lipinski definition) is 2. The molecule has 0 spiro atoms. The lowest BCUT2D eigenvalue weighted by Gasteiger charge is -2.20. The minimum Gasteiger partial charge on any atom is -0.459 e. The summed E-state index contributed by atoms with van der Waals surface area (Å²) in [5.74, 6) is -1.08. The minimum atomic E-state index is -0.780. The molecule has 0 aliphatic heterocycles.